The number of rotatable bonds is 9. The summed E-state index contributed by atoms with van der Waals surface area (Å²) in [6, 6.07) is 8.09. The molecule has 1 amide bonds. The van der Waals surface area contributed by atoms with Crippen molar-refractivity contribution in [1.82, 2.24) is 15.5 Å². The second-order valence-electron chi connectivity index (χ2n) is 5.64. The number of nitrogens with one attached hydrogen (secondary N) is 2. The first-order valence-corrected chi connectivity index (χ1v) is 8.50. The molecule has 0 spiro atoms. The van der Waals surface area contributed by atoms with Crippen molar-refractivity contribution in [2.75, 3.05) is 40.3 Å². The van der Waals surface area contributed by atoms with Gasteiger partial charge in [0.15, 0.2) is 5.96 Å². The van der Waals surface area contributed by atoms with E-state index in [-0.39, 0.29) is 36.4 Å². The van der Waals surface area contributed by atoms with Crippen molar-refractivity contribution in [1.29, 1.82) is 0 Å². The molecule has 2 N–H and O–H groups in total. The van der Waals surface area contributed by atoms with E-state index in [1.165, 1.54) is 5.56 Å². The van der Waals surface area contributed by atoms with E-state index in [4.69, 9.17) is 4.74 Å². The Bertz CT molecular complexity index is 536. The van der Waals surface area contributed by atoms with E-state index < -0.39 is 0 Å². The fraction of sp³-hybridized carbons (Fsp3) is 0.556. The highest BCUT2D eigenvalue weighted by Crippen LogP contribution is 2.13. The Kier molecular flexibility index (Phi) is 12.9. The van der Waals surface area contributed by atoms with Gasteiger partial charge in [0.1, 0.15) is 12.3 Å². The first kappa shape index (κ1) is 23.5. The summed E-state index contributed by atoms with van der Waals surface area (Å²) in [5.74, 6) is 1.55. The van der Waals surface area contributed by atoms with E-state index in [2.05, 4.69) is 34.7 Å². The van der Waals surface area contributed by atoms with Crippen molar-refractivity contribution < 1.29 is 9.53 Å². The third-order valence-corrected chi connectivity index (χ3v) is 3.33. The number of hydrogen-bond donors (Lipinski definition) is 2. The van der Waals surface area contributed by atoms with Crippen LogP contribution in [0.4, 0.5) is 0 Å². The fourth-order valence-electron chi connectivity index (χ4n) is 1.99. The number of halogens is 1. The van der Waals surface area contributed by atoms with Crippen LogP contribution < -0.4 is 15.4 Å². The molecule has 1 aromatic carbocycles. The Labute approximate surface area is 168 Å². The zero-order chi connectivity index (χ0) is 17.8. The molecule has 0 saturated carbocycles. The van der Waals surface area contributed by atoms with Gasteiger partial charge in [-0.1, -0.05) is 19.1 Å². The lowest BCUT2D eigenvalue weighted by Crippen LogP contribution is -2.39. The Morgan fingerprint density at radius 3 is 2.56 bits per heavy atom. The van der Waals surface area contributed by atoms with Gasteiger partial charge in [0.2, 0.25) is 5.91 Å². The molecule has 7 heteroatoms. The molecule has 0 heterocycles. The predicted molar refractivity (Wildman–Crippen MR) is 114 cm³/mol. The summed E-state index contributed by atoms with van der Waals surface area (Å²) in [6.07, 6.45) is 1.86. The highest BCUT2D eigenvalue weighted by atomic mass is 127. The molecule has 0 saturated heterocycles. The number of hydrogen-bond acceptors (Lipinski definition) is 3. The van der Waals surface area contributed by atoms with E-state index in [0.29, 0.717) is 12.6 Å². The van der Waals surface area contributed by atoms with Gasteiger partial charge < -0.3 is 20.3 Å². The number of likely N-dealkylation sites (N-methyl/N-ethyl adjacent to an activating group) is 1. The second kappa shape index (κ2) is 13.7. The van der Waals surface area contributed by atoms with Crippen LogP contribution in [0.15, 0.2) is 29.3 Å². The van der Waals surface area contributed by atoms with Gasteiger partial charge in [0, 0.05) is 27.2 Å². The summed E-state index contributed by atoms with van der Waals surface area (Å²) in [5.41, 5.74) is 1.20. The molecular weight excluding hydrogens is 431 g/mol. The summed E-state index contributed by atoms with van der Waals surface area (Å²) in [6.45, 7) is 6.44. The van der Waals surface area contributed by atoms with Crippen LogP contribution in [-0.2, 0) is 11.2 Å². The quantitative estimate of drug-likeness (QED) is 0.336. The second-order valence-corrected chi connectivity index (χ2v) is 5.64. The van der Waals surface area contributed by atoms with Gasteiger partial charge in [-0.3, -0.25) is 4.79 Å². The summed E-state index contributed by atoms with van der Waals surface area (Å²) in [7, 11) is 3.46. The lowest BCUT2D eigenvalue weighted by molar-refractivity contribution is -0.127. The summed E-state index contributed by atoms with van der Waals surface area (Å²) in [5, 5.41) is 6.50. The zero-order valence-electron chi connectivity index (χ0n) is 15.7. The predicted octanol–water partition coefficient (Wildman–Crippen LogP) is 2.28. The molecule has 6 nitrogen and oxygen atoms in total. The smallest absolute Gasteiger partial charge is 0.243 e. The number of aliphatic imine (C=N–C) groups is 1. The van der Waals surface area contributed by atoms with Crippen LogP contribution >= 0.6 is 24.0 Å². The van der Waals surface area contributed by atoms with E-state index in [1.54, 1.807) is 19.0 Å². The minimum atomic E-state index is -0.0167. The molecule has 0 aliphatic rings. The van der Waals surface area contributed by atoms with Crippen LogP contribution in [-0.4, -0.2) is 57.1 Å². The molecule has 0 atom stereocenters. The maximum atomic E-state index is 11.7. The molecule has 0 aliphatic carbocycles. The molecule has 0 fully saturated rings. The molecule has 142 valence electrons. The highest BCUT2D eigenvalue weighted by Gasteiger charge is 2.04. The van der Waals surface area contributed by atoms with E-state index in [0.717, 1.165) is 31.7 Å². The first-order chi connectivity index (χ1) is 11.6. The van der Waals surface area contributed by atoms with Gasteiger partial charge in [-0.15, -0.1) is 24.0 Å². The molecular formula is C18H31IN4O2. The highest BCUT2D eigenvalue weighted by molar-refractivity contribution is 14.0. The van der Waals surface area contributed by atoms with Crippen molar-refractivity contribution in [2.24, 2.45) is 4.99 Å². The number of carbonyl (C=O) groups excluding carboxylic acids is 1. The molecule has 0 bridgehead atoms. The lowest BCUT2D eigenvalue weighted by atomic mass is 10.1. The Hall–Kier alpha value is -1.51. The van der Waals surface area contributed by atoms with Gasteiger partial charge in [0.05, 0.1) is 6.61 Å². The van der Waals surface area contributed by atoms with E-state index in [9.17, 15) is 4.79 Å². The summed E-state index contributed by atoms with van der Waals surface area (Å²) >= 11 is 0. The van der Waals surface area contributed by atoms with Gasteiger partial charge in [-0.25, -0.2) is 4.99 Å². The summed E-state index contributed by atoms with van der Waals surface area (Å²) in [4.78, 5) is 17.5. The minimum absolute atomic E-state index is 0. The van der Waals surface area contributed by atoms with E-state index in [1.807, 2.05) is 19.1 Å². The third kappa shape index (κ3) is 10.2. The maximum absolute atomic E-state index is 11.7. The Morgan fingerprint density at radius 2 is 1.92 bits per heavy atom. The molecule has 1 rings (SSSR count). The van der Waals surface area contributed by atoms with Crippen molar-refractivity contribution in [3.63, 3.8) is 0 Å². The Balaban J connectivity index is 0.00000576. The zero-order valence-corrected chi connectivity index (χ0v) is 18.0. The third-order valence-electron chi connectivity index (χ3n) is 3.33. The van der Waals surface area contributed by atoms with Crippen molar-refractivity contribution in [3.8, 4) is 5.75 Å². The SMILES string of the molecule is CCCNC(=NCC(=O)N(C)C)NCCc1cccc(OCC)c1.I. The van der Waals surface area contributed by atoms with Crippen molar-refractivity contribution >= 4 is 35.8 Å². The van der Waals surface area contributed by atoms with Crippen LogP contribution in [0.3, 0.4) is 0 Å². The standard InChI is InChI=1S/C18H30N4O2.HI/c1-5-11-19-18(21-14-17(23)22(3)4)20-12-10-15-8-7-9-16(13-15)24-6-2;/h7-9,13H,5-6,10-12,14H2,1-4H3,(H2,19,20,21);1H. The van der Waals surface area contributed by atoms with Crippen LogP contribution in [0.25, 0.3) is 0 Å². The van der Waals surface area contributed by atoms with Crippen LogP contribution in [0.1, 0.15) is 25.8 Å². The number of guanidine groups is 1. The number of amides is 1. The van der Waals surface area contributed by atoms with Gasteiger partial charge in [0.25, 0.3) is 0 Å². The topological polar surface area (TPSA) is 66.0 Å². The van der Waals surface area contributed by atoms with Crippen molar-refractivity contribution in [3.05, 3.63) is 29.8 Å². The first-order valence-electron chi connectivity index (χ1n) is 8.50. The number of carbonyl (C=O) groups is 1. The minimum Gasteiger partial charge on any atom is -0.494 e. The number of ether oxygens (including phenoxy) is 1. The number of nitrogens with zero attached hydrogens (tertiary/aromatic N) is 2. The molecule has 0 radical (unpaired) electrons. The lowest BCUT2D eigenvalue weighted by Gasteiger charge is -2.13. The molecule has 1 aromatic rings. The summed E-state index contributed by atoms with van der Waals surface area (Å²) < 4.78 is 5.52. The molecule has 0 unspecified atom stereocenters. The van der Waals surface area contributed by atoms with Gasteiger partial charge >= 0.3 is 0 Å². The average Bonchev–Trinajstić information content (AvgIpc) is 2.57. The molecule has 25 heavy (non-hydrogen) atoms. The normalized spacial score (nSPS) is 10.6. The van der Waals surface area contributed by atoms with Crippen LogP contribution in [0.2, 0.25) is 0 Å². The fourth-order valence-corrected chi connectivity index (χ4v) is 1.99. The molecule has 0 aliphatic heterocycles. The molecule has 0 aromatic heterocycles. The number of benzene rings is 1. The van der Waals surface area contributed by atoms with Gasteiger partial charge in [-0.05, 0) is 37.5 Å². The maximum Gasteiger partial charge on any atom is 0.243 e. The van der Waals surface area contributed by atoms with Crippen molar-refractivity contribution in [2.45, 2.75) is 26.7 Å². The largest absolute Gasteiger partial charge is 0.494 e. The Morgan fingerprint density at radius 1 is 1.20 bits per heavy atom. The van der Waals surface area contributed by atoms with Crippen LogP contribution in [0.5, 0.6) is 5.75 Å². The van der Waals surface area contributed by atoms with Gasteiger partial charge in [-0.2, -0.15) is 0 Å². The van der Waals surface area contributed by atoms with E-state index >= 15 is 0 Å². The average molecular weight is 462 g/mol. The monoisotopic (exact) mass is 462 g/mol. The van der Waals surface area contributed by atoms with Crippen LogP contribution in [0, 0.1) is 0 Å².